The predicted molar refractivity (Wildman–Crippen MR) is 81.5 cm³/mol. The summed E-state index contributed by atoms with van der Waals surface area (Å²) in [5, 5.41) is 2.54. The van der Waals surface area contributed by atoms with Crippen LogP contribution in [0.25, 0.3) is 6.08 Å². The molecule has 0 aliphatic carbocycles. The average Bonchev–Trinajstić information content (AvgIpc) is 2.36. The number of hydrogen-bond acceptors (Lipinski definition) is 4. The van der Waals surface area contributed by atoms with Crippen LogP contribution in [-0.2, 0) is 10.9 Å². The topological polar surface area (TPSA) is 77.2 Å². The van der Waals surface area contributed by atoms with Gasteiger partial charge < -0.3 is 15.8 Å². The summed E-state index contributed by atoms with van der Waals surface area (Å²) in [6.45, 7) is 5.53. The minimum Gasteiger partial charge on any atom is -0.444 e. The minimum atomic E-state index is -4.47. The summed E-state index contributed by atoms with van der Waals surface area (Å²) in [5.41, 5.74) is 4.28. The molecule has 0 aromatic carbocycles. The maximum Gasteiger partial charge on any atom is 0.417 e. The molecule has 1 aromatic rings. The number of carbonyl (C=O) groups excluding carboxylic acids is 1. The van der Waals surface area contributed by atoms with Crippen LogP contribution >= 0.6 is 0 Å². The van der Waals surface area contributed by atoms with Gasteiger partial charge in [0, 0.05) is 18.3 Å². The molecular weight excluding hydrogens is 311 g/mol. The van der Waals surface area contributed by atoms with E-state index < -0.39 is 23.4 Å². The fourth-order valence-electron chi connectivity index (χ4n) is 1.56. The fraction of sp³-hybridized carbons (Fsp3) is 0.467. The van der Waals surface area contributed by atoms with E-state index >= 15 is 0 Å². The summed E-state index contributed by atoms with van der Waals surface area (Å²) in [4.78, 5) is 14.9. The van der Waals surface area contributed by atoms with Crippen LogP contribution in [0, 0.1) is 0 Å². The number of nitrogens with two attached hydrogens (primary N) is 1. The van der Waals surface area contributed by atoms with Crippen molar-refractivity contribution in [2.45, 2.75) is 39.0 Å². The normalized spacial score (nSPS) is 12.4. The number of halogens is 3. The number of nitrogens with zero attached hydrogens (tertiary/aromatic N) is 1. The van der Waals surface area contributed by atoms with E-state index in [4.69, 9.17) is 10.5 Å². The third kappa shape index (κ3) is 7.03. The third-order valence-corrected chi connectivity index (χ3v) is 2.55. The van der Waals surface area contributed by atoms with Crippen LogP contribution in [0.1, 0.15) is 38.3 Å². The molecule has 0 saturated carbocycles. The van der Waals surface area contributed by atoms with Crippen molar-refractivity contribution in [3.8, 4) is 0 Å². The van der Waals surface area contributed by atoms with Gasteiger partial charge in [0.05, 0.1) is 5.56 Å². The van der Waals surface area contributed by atoms with E-state index in [0.29, 0.717) is 12.6 Å². The van der Waals surface area contributed by atoms with Crippen LogP contribution in [-0.4, -0.2) is 23.2 Å². The first-order chi connectivity index (χ1) is 10.5. The molecule has 0 saturated heterocycles. The lowest BCUT2D eigenvalue weighted by atomic mass is 10.1. The molecule has 1 rings (SSSR count). The molecule has 0 spiro atoms. The van der Waals surface area contributed by atoms with Crippen LogP contribution in [0.2, 0.25) is 0 Å². The van der Waals surface area contributed by atoms with Gasteiger partial charge in [-0.1, -0.05) is 12.2 Å². The van der Waals surface area contributed by atoms with Gasteiger partial charge in [-0.3, -0.25) is 0 Å². The summed E-state index contributed by atoms with van der Waals surface area (Å²) < 4.78 is 42.8. The van der Waals surface area contributed by atoms with Crippen molar-refractivity contribution in [2.75, 3.05) is 12.3 Å². The van der Waals surface area contributed by atoms with Gasteiger partial charge in [0.15, 0.2) is 0 Å². The molecule has 128 valence electrons. The smallest absolute Gasteiger partial charge is 0.417 e. The summed E-state index contributed by atoms with van der Waals surface area (Å²) in [5.74, 6) is 0.00866. The molecule has 1 aromatic heterocycles. The first kappa shape index (κ1) is 18.8. The Hall–Kier alpha value is -2.25. The maximum absolute atomic E-state index is 12.6. The zero-order chi connectivity index (χ0) is 17.7. The Labute approximate surface area is 132 Å². The molecule has 0 aliphatic rings. The average molecular weight is 331 g/mol. The van der Waals surface area contributed by atoms with Crippen molar-refractivity contribution in [2.24, 2.45) is 0 Å². The van der Waals surface area contributed by atoms with Crippen molar-refractivity contribution in [3.05, 3.63) is 29.5 Å². The summed E-state index contributed by atoms with van der Waals surface area (Å²) in [7, 11) is 0. The van der Waals surface area contributed by atoms with E-state index in [1.54, 1.807) is 26.8 Å². The molecule has 0 bridgehead atoms. The van der Waals surface area contributed by atoms with Crippen LogP contribution < -0.4 is 11.1 Å². The quantitative estimate of drug-likeness (QED) is 0.826. The van der Waals surface area contributed by atoms with Gasteiger partial charge in [0.25, 0.3) is 0 Å². The Bertz CT molecular complexity index is 578. The van der Waals surface area contributed by atoms with Gasteiger partial charge >= 0.3 is 12.3 Å². The number of anilines is 1. The Morgan fingerprint density at radius 2 is 2.04 bits per heavy atom. The second-order valence-corrected chi connectivity index (χ2v) is 5.82. The van der Waals surface area contributed by atoms with Gasteiger partial charge in [-0.2, -0.15) is 13.2 Å². The van der Waals surface area contributed by atoms with E-state index in [9.17, 15) is 18.0 Å². The molecule has 0 fully saturated rings. The lowest BCUT2D eigenvalue weighted by molar-refractivity contribution is -0.137. The number of nitrogens with one attached hydrogen (secondary N) is 1. The monoisotopic (exact) mass is 331 g/mol. The molecule has 0 radical (unpaired) electrons. The molecule has 1 heterocycles. The number of carbonyl (C=O) groups is 1. The van der Waals surface area contributed by atoms with Crippen LogP contribution in [0.3, 0.4) is 0 Å². The number of pyridine rings is 1. The number of rotatable bonds is 4. The number of hydrogen-bond donors (Lipinski definition) is 2. The number of aromatic nitrogens is 1. The lowest BCUT2D eigenvalue weighted by Crippen LogP contribution is -2.32. The zero-order valence-electron chi connectivity index (χ0n) is 13.2. The summed E-state index contributed by atoms with van der Waals surface area (Å²) in [6, 6.07) is 0.931. The second kappa shape index (κ2) is 7.34. The lowest BCUT2D eigenvalue weighted by Gasteiger charge is -2.19. The summed E-state index contributed by atoms with van der Waals surface area (Å²) in [6.07, 6.45) is -0.877. The van der Waals surface area contributed by atoms with Crippen molar-refractivity contribution < 1.29 is 22.7 Å². The molecule has 1 amide bonds. The van der Waals surface area contributed by atoms with Crippen LogP contribution in [0.4, 0.5) is 23.8 Å². The highest BCUT2D eigenvalue weighted by Crippen LogP contribution is 2.30. The number of ether oxygens (including phenoxy) is 1. The van der Waals surface area contributed by atoms with Crippen molar-refractivity contribution in [1.82, 2.24) is 10.3 Å². The molecular formula is C15H20F3N3O2. The Morgan fingerprint density at radius 1 is 1.39 bits per heavy atom. The molecule has 3 N–H and O–H groups in total. The van der Waals surface area contributed by atoms with Crippen LogP contribution in [0.15, 0.2) is 18.3 Å². The standard InChI is InChI=1S/C15H20F3N3O2/c1-14(2,3)23-13(22)20-7-5-4-6-10-8-11(15(16,17)18)9-21-12(10)19/h4,6,8-9H,5,7H2,1-3H3,(H2,19,21)(H,20,22). The maximum atomic E-state index is 12.6. The Morgan fingerprint density at radius 3 is 2.61 bits per heavy atom. The fourth-order valence-corrected chi connectivity index (χ4v) is 1.56. The highest BCUT2D eigenvalue weighted by Gasteiger charge is 2.31. The van der Waals surface area contributed by atoms with Gasteiger partial charge in [-0.05, 0) is 33.3 Å². The second-order valence-electron chi connectivity index (χ2n) is 5.82. The third-order valence-electron chi connectivity index (χ3n) is 2.55. The molecule has 0 aliphatic heterocycles. The van der Waals surface area contributed by atoms with Gasteiger partial charge in [-0.25, -0.2) is 9.78 Å². The van der Waals surface area contributed by atoms with Crippen molar-refractivity contribution in [3.63, 3.8) is 0 Å². The Balaban J connectivity index is 2.54. The SMILES string of the molecule is CC(C)(C)OC(=O)NCCC=Cc1cc(C(F)(F)F)cnc1N. The number of alkyl halides is 3. The van der Waals surface area contributed by atoms with Crippen LogP contribution in [0.5, 0.6) is 0 Å². The molecule has 5 nitrogen and oxygen atoms in total. The van der Waals surface area contributed by atoms with E-state index in [1.807, 2.05) is 0 Å². The molecule has 23 heavy (non-hydrogen) atoms. The van der Waals surface area contributed by atoms with Crippen molar-refractivity contribution >= 4 is 18.0 Å². The zero-order valence-corrected chi connectivity index (χ0v) is 13.2. The largest absolute Gasteiger partial charge is 0.444 e. The van der Waals surface area contributed by atoms with E-state index in [0.717, 1.165) is 6.07 Å². The first-order valence-electron chi connectivity index (χ1n) is 6.95. The summed E-state index contributed by atoms with van der Waals surface area (Å²) >= 11 is 0. The highest BCUT2D eigenvalue weighted by molar-refractivity contribution is 5.67. The Kier molecular flexibility index (Phi) is 6.00. The number of alkyl carbamates (subject to hydrolysis) is 1. The first-order valence-corrected chi connectivity index (χ1v) is 6.95. The van der Waals surface area contributed by atoms with Gasteiger partial charge in [0.1, 0.15) is 11.4 Å². The predicted octanol–water partition coefficient (Wildman–Crippen LogP) is 3.61. The van der Waals surface area contributed by atoms with E-state index in [2.05, 4.69) is 10.3 Å². The highest BCUT2D eigenvalue weighted by atomic mass is 19.4. The molecule has 8 heteroatoms. The van der Waals surface area contributed by atoms with Crippen molar-refractivity contribution in [1.29, 1.82) is 0 Å². The number of amides is 1. The molecule has 0 atom stereocenters. The van der Waals surface area contributed by atoms with Gasteiger partial charge in [-0.15, -0.1) is 0 Å². The van der Waals surface area contributed by atoms with Gasteiger partial charge in [0.2, 0.25) is 0 Å². The molecule has 0 unspecified atom stereocenters. The number of nitrogen functional groups attached to an aromatic ring is 1. The van der Waals surface area contributed by atoms with E-state index in [1.165, 1.54) is 6.08 Å². The minimum absolute atomic E-state index is 0.00866. The van der Waals surface area contributed by atoms with E-state index in [-0.39, 0.29) is 17.9 Å².